The summed E-state index contributed by atoms with van der Waals surface area (Å²) in [5, 5.41) is 4.55. The Morgan fingerprint density at radius 1 is 1.17 bits per heavy atom. The lowest BCUT2D eigenvalue weighted by Gasteiger charge is -2.24. The lowest BCUT2D eigenvalue weighted by atomic mass is 10.0. The Hall–Kier alpha value is -2.09. The molecule has 0 aliphatic heterocycles. The second kappa shape index (κ2) is 9.81. The summed E-state index contributed by atoms with van der Waals surface area (Å²) in [5.41, 5.74) is 1.78. The minimum atomic E-state index is -0.488. The van der Waals surface area contributed by atoms with Gasteiger partial charge in [0.15, 0.2) is 10.4 Å². The van der Waals surface area contributed by atoms with Gasteiger partial charge in [-0.05, 0) is 66.5 Å². The van der Waals surface area contributed by atoms with E-state index in [0.29, 0.717) is 26.3 Å². The van der Waals surface area contributed by atoms with E-state index in [1.165, 1.54) is 0 Å². The molecule has 158 valence electrons. The van der Waals surface area contributed by atoms with Crippen LogP contribution in [0.3, 0.4) is 0 Å². The van der Waals surface area contributed by atoms with Crippen LogP contribution in [0.5, 0.6) is 0 Å². The highest BCUT2D eigenvalue weighted by Gasteiger charge is 2.31. The van der Waals surface area contributed by atoms with Crippen molar-refractivity contribution in [3.63, 3.8) is 0 Å². The molecule has 0 amide bonds. The van der Waals surface area contributed by atoms with Crippen molar-refractivity contribution >= 4 is 50.9 Å². The summed E-state index contributed by atoms with van der Waals surface area (Å²) in [4.78, 5) is 21.6. The van der Waals surface area contributed by atoms with Gasteiger partial charge in [-0.25, -0.2) is 14.8 Å². The van der Waals surface area contributed by atoms with Crippen LogP contribution < -0.4 is 5.32 Å². The first-order valence-corrected chi connectivity index (χ1v) is 10.9. The van der Waals surface area contributed by atoms with Gasteiger partial charge in [-0.3, -0.25) is 0 Å². The summed E-state index contributed by atoms with van der Waals surface area (Å²) < 4.78 is 7.77. The van der Waals surface area contributed by atoms with Crippen LogP contribution in [0.1, 0.15) is 54.6 Å². The monoisotopic (exact) mass is 510 g/mol. The lowest BCUT2D eigenvalue weighted by molar-refractivity contribution is 0.0518. The lowest BCUT2D eigenvalue weighted by Crippen LogP contribution is -2.22. The van der Waals surface area contributed by atoms with Gasteiger partial charge in [-0.15, -0.1) is 0 Å². The molecule has 2 heterocycles. The molecule has 0 fully saturated rings. The molecule has 0 spiro atoms. The molecule has 1 atom stereocenters. The van der Waals surface area contributed by atoms with Crippen LogP contribution in [-0.4, -0.2) is 27.1 Å². The molecule has 0 bridgehead atoms. The fraction of sp³-hybridized carbons (Fsp3) is 0.286. The van der Waals surface area contributed by atoms with E-state index in [1.807, 2.05) is 30.5 Å². The Labute approximate surface area is 193 Å². The second-order valence-corrected chi connectivity index (χ2v) is 8.37. The van der Waals surface area contributed by atoms with Crippen molar-refractivity contribution < 1.29 is 9.53 Å². The summed E-state index contributed by atoms with van der Waals surface area (Å²) >= 11 is 15.6. The molecule has 6 nitrogen and oxygen atoms in total. The molecular weight excluding hydrogens is 491 g/mol. The maximum Gasteiger partial charge on any atom is 0.358 e. The molecule has 1 aromatic carbocycles. The van der Waals surface area contributed by atoms with Gasteiger partial charge in [-0.1, -0.05) is 35.3 Å². The number of benzene rings is 1. The fourth-order valence-electron chi connectivity index (χ4n) is 3.11. The molecule has 0 saturated heterocycles. The Bertz CT molecular complexity index is 1020. The minimum absolute atomic E-state index is 0.0276. The molecular formula is C21H21BrCl2N4O2. The van der Waals surface area contributed by atoms with Crippen LogP contribution in [0, 0.1) is 0 Å². The van der Waals surface area contributed by atoms with Crippen LogP contribution in [-0.2, 0) is 4.74 Å². The van der Waals surface area contributed by atoms with E-state index in [1.54, 1.807) is 37.4 Å². The standard InChI is InChI=1S/C21H21BrCl2N4O2/c1-4-30-20(29)18-19(28(12(2)3)21(22)27-18)17(13-5-7-14(23)8-6-13)26-16-10-9-15(24)11-25-16/h5-12,17H,4H2,1-3H3,(H,25,26). The number of aromatic nitrogens is 3. The highest BCUT2D eigenvalue weighted by molar-refractivity contribution is 9.10. The van der Waals surface area contributed by atoms with E-state index < -0.39 is 12.0 Å². The first kappa shape index (κ1) is 22.6. The number of rotatable bonds is 7. The van der Waals surface area contributed by atoms with Gasteiger partial charge in [0.25, 0.3) is 0 Å². The van der Waals surface area contributed by atoms with Gasteiger partial charge >= 0.3 is 5.97 Å². The maximum atomic E-state index is 12.7. The predicted molar refractivity (Wildman–Crippen MR) is 122 cm³/mol. The smallest absolute Gasteiger partial charge is 0.358 e. The van der Waals surface area contributed by atoms with E-state index in [0.717, 1.165) is 5.56 Å². The SMILES string of the molecule is CCOC(=O)c1nc(Br)n(C(C)C)c1C(Nc1ccc(Cl)cn1)c1ccc(Cl)cc1. The Balaban J connectivity index is 2.20. The normalized spacial score (nSPS) is 12.1. The predicted octanol–water partition coefficient (Wildman–Crippen LogP) is 6.31. The molecule has 1 N–H and O–H groups in total. The third-order valence-corrected chi connectivity index (χ3v) is 5.42. The van der Waals surface area contributed by atoms with E-state index in [4.69, 9.17) is 27.9 Å². The van der Waals surface area contributed by atoms with Crippen molar-refractivity contribution in [2.45, 2.75) is 32.9 Å². The van der Waals surface area contributed by atoms with Gasteiger partial charge < -0.3 is 14.6 Å². The number of anilines is 1. The zero-order chi connectivity index (χ0) is 21.8. The van der Waals surface area contributed by atoms with E-state index in [-0.39, 0.29) is 18.3 Å². The molecule has 0 aliphatic rings. The van der Waals surface area contributed by atoms with Gasteiger partial charge in [-0.2, -0.15) is 0 Å². The summed E-state index contributed by atoms with van der Waals surface area (Å²) in [6.45, 7) is 6.05. The van der Waals surface area contributed by atoms with Crippen LogP contribution in [0.4, 0.5) is 5.82 Å². The van der Waals surface area contributed by atoms with Crippen molar-refractivity contribution in [3.8, 4) is 0 Å². The van der Waals surface area contributed by atoms with Gasteiger partial charge in [0.05, 0.1) is 23.4 Å². The quantitative estimate of drug-likeness (QED) is 0.376. The molecule has 3 rings (SSSR count). The summed E-state index contributed by atoms with van der Waals surface area (Å²) in [6.07, 6.45) is 1.56. The molecule has 0 radical (unpaired) electrons. The molecule has 3 aromatic rings. The number of carbonyl (C=O) groups is 1. The summed E-state index contributed by atoms with van der Waals surface area (Å²) in [7, 11) is 0. The highest BCUT2D eigenvalue weighted by Crippen LogP contribution is 2.34. The summed E-state index contributed by atoms with van der Waals surface area (Å²) in [6, 6.07) is 10.5. The number of pyridine rings is 1. The molecule has 2 aromatic heterocycles. The molecule has 0 aliphatic carbocycles. The molecule has 30 heavy (non-hydrogen) atoms. The average molecular weight is 512 g/mol. The van der Waals surface area contributed by atoms with Crippen molar-refractivity contribution in [2.24, 2.45) is 0 Å². The van der Waals surface area contributed by atoms with Crippen LogP contribution in [0.15, 0.2) is 47.3 Å². The third-order valence-electron chi connectivity index (χ3n) is 4.39. The highest BCUT2D eigenvalue weighted by atomic mass is 79.9. The average Bonchev–Trinajstić information content (AvgIpc) is 3.06. The molecule has 0 saturated carbocycles. The zero-order valence-electron chi connectivity index (χ0n) is 16.7. The van der Waals surface area contributed by atoms with Gasteiger partial charge in [0.2, 0.25) is 0 Å². The molecule has 1 unspecified atom stereocenters. The molecule has 9 heteroatoms. The largest absolute Gasteiger partial charge is 0.461 e. The maximum absolute atomic E-state index is 12.7. The van der Waals surface area contributed by atoms with Crippen LogP contribution in [0.2, 0.25) is 10.0 Å². The number of hydrogen-bond acceptors (Lipinski definition) is 5. The Morgan fingerprint density at radius 2 is 1.83 bits per heavy atom. The van der Waals surface area contributed by atoms with Gasteiger partial charge in [0.1, 0.15) is 5.82 Å². The number of nitrogens with one attached hydrogen (secondary N) is 1. The topological polar surface area (TPSA) is 69.0 Å². The van der Waals surface area contributed by atoms with Crippen molar-refractivity contribution in [2.75, 3.05) is 11.9 Å². The van der Waals surface area contributed by atoms with Crippen LogP contribution >= 0.6 is 39.1 Å². The third kappa shape index (κ3) is 4.96. The number of carbonyl (C=O) groups excluding carboxylic acids is 1. The zero-order valence-corrected chi connectivity index (χ0v) is 19.8. The number of halogens is 3. The van der Waals surface area contributed by atoms with E-state index in [2.05, 4.69) is 31.2 Å². The number of hydrogen-bond donors (Lipinski definition) is 1. The van der Waals surface area contributed by atoms with E-state index in [9.17, 15) is 4.79 Å². The van der Waals surface area contributed by atoms with E-state index >= 15 is 0 Å². The number of ether oxygens (including phenoxy) is 1. The second-order valence-electron chi connectivity index (χ2n) is 6.79. The number of esters is 1. The fourth-order valence-corrected chi connectivity index (χ4v) is 4.12. The van der Waals surface area contributed by atoms with Crippen molar-refractivity contribution in [1.82, 2.24) is 14.5 Å². The van der Waals surface area contributed by atoms with Gasteiger partial charge in [0, 0.05) is 17.3 Å². The first-order chi connectivity index (χ1) is 14.3. The number of imidazole rings is 1. The first-order valence-electron chi connectivity index (χ1n) is 9.40. The Kier molecular flexibility index (Phi) is 7.39. The minimum Gasteiger partial charge on any atom is -0.461 e. The Morgan fingerprint density at radius 3 is 2.40 bits per heavy atom. The van der Waals surface area contributed by atoms with Crippen LogP contribution in [0.25, 0.3) is 0 Å². The van der Waals surface area contributed by atoms with Crippen molar-refractivity contribution in [3.05, 3.63) is 74.3 Å². The van der Waals surface area contributed by atoms with Crippen molar-refractivity contribution in [1.29, 1.82) is 0 Å². The number of nitrogens with zero attached hydrogens (tertiary/aromatic N) is 3. The summed E-state index contributed by atoms with van der Waals surface area (Å²) in [5.74, 6) is 0.110.